The van der Waals surface area contributed by atoms with Gasteiger partial charge in [-0.25, -0.2) is 4.98 Å². The van der Waals surface area contributed by atoms with E-state index in [1.54, 1.807) is 11.3 Å². The van der Waals surface area contributed by atoms with E-state index >= 15 is 0 Å². The molecule has 0 atom stereocenters. The molecule has 2 aromatic heterocycles. The highest BCUT2D eigenvalue weighted by molar-refractivity contribution is 7.07. The highest BCUT2D eigenvalue weighted by Crippen LogP contribution is 2.19. The second-order valence-electron chi connectivity index (χ2n) is 3.87. The summed E-state index contributed by atoms with van der Waals surface area (Å²) < 4.78 is 0. The van der Waals surface area contributed by atoms with Crippen LogP contribution in [-0.2, 0) is 13.1 Å². The molecule has 2 aromatic rings. The number of rotatable bonds is 5. The summed E-state index contributed by atoms with van der Waals surface area (Å²) in [7, 11) is 4.01. The van der Waals surface area contributed by atoms with Crippen LogP contribution in [-0.4, -0.2) is 24.1 Å². The van der Waals surface area contributed by atoms with Gasteiger partial charge in [0.15, 0.2) is 0 Å². The lowest BCUT2D eigenvalue weighted by Gasteiger charge is -2.20. The Kier molecular flexibility index (Phi) is 4.06. The van der Waals surface area contributed by atoms with Crippen LogP contribution in [0.3, 0.4) is 0 Å². The number of nitrogens with one attached hydrogen (secondary N) is 1. The van der Waals surface area contributed by atoms with Crippen molar-refractivity contribution in [3.63, 3.8) is 0 Å². The molecule has 0 unspecified atom stereocenters. The second-order valence-corrected chi connectivity index (χ2v) is 4.59. The number of anilines is 1. The Balaban J connectivity index is 2.15. The quantitative estimate of drug-likeness (QED) is 0.877. The lowest BCUT2D eigenvalue weighted by atomic mass is 10.2. The first kappa shape index (κ1) is 12.0. The summed E-state index contributed by atoms with van der Waals surface area (Å²) in [5.74, 6) is 0. The third-order valence-corrected chi connectivity index (χ3v) is 3.18. The van der Waals surface area contributed by atoms with Crippen molar-refractivity contribution in [3.05, 3.63) is 40.6 Å². The van der Waals surface area contributed by atoms with Crippen molar-refractivity contribution >= 4 is 17.0 Å². The molecule has 90 valence electrons. The van der Waals surface area contributed by atoms with Crippen molar-refractivity contribution < 1.29 is 0 Å². The molecular weight excluding hydrogens is 232 g/mol. The van der Waals surface area contributed by atoms with Crippen molar-refractivity contribution in [2.45, 2.75) is 13.1 Å². The summed E-state index contributed by atoms with van der Waals surface area (Å²) in [6.07, 6.45) is 3.73. The van der Waals surface area contributed by atoms with Gasteiger partial charge in [-0.2, -0.15) is 0 Å². The molecule has 2 rings (SSSR count). The van der Waals surface area contributed by atoms with E-state index in [1.165, 1.54) is 5.56 Å². The van der Waals surface area contributed by atoms with Gasteiger partial charge < -0.3 is 10.2 Å². The van der Waals surface area contributed by atoms with Gasteiger partial charge in [-0.1, -0.05) is 0 Å². The topological polar surface area (TPSA) is 41.1 Å². The zero-order valence-corrected chi connectivity index (χ0v) is 10.9. The largest absolute Gasteiger partial charge is 0.367 e. The molecule has 0 saturated heterocycles. The molecule has 0 fully saturated rings. The van der Waals surface area contributed by atoms with Gasteiger partial charge in [0.2, 0.25) is 0 Å². The predicted molar refractivity (Wildman–Crippen MR) is 71.2 cm³/mol. The number of nitrogens with zero attached hydrogens (tertiary/aromatic N) is 3. The highest BCUT2D eigenvalue weighted by Gasteiger charge is 2.08. The molecule has 17 heavy (non-hydrogen) atoms. The molecule has 0 saturated carbocycles. The van der Waals surface area contributed by atoms with Crippen molar-refractivity contribution in [2.24, 2.45) is 0 Å². The van der Waals surface area contributed by atoms with Crippen LogP contribution in [0, 0.1) is 0 Å². The van der Waals surface area contributed by atoms with Crippen LogP contribution in [0.1, 0.15) is 11.3 Å². The minimum Gasteiger partial charge on any atom is -0.367 e. The second kappa shape index (κ2) is 5.75. The summed E-state index contributed by atoms with van der Waals surface area (Å²) >= 11 is 1.63. The van der Waals surface area contributed by atoms with Crippen LogP contribution >= 0.6 is 11.3 Å². The summed E-state index contributed by atoms with van der Waals surface area (Å²) in [4.78, 5) is 10.7. The number of hydrogen-bond donors (Lipinski definition) is 1. The maximum atomic E-state index is 4.30. The Morgan fingerprint density at radius 3 is 3.06 bits per heavy atom. The first-order valence-corrected chi connectivity index (χ1v) is 6.41. The smallest absolute Gasteiger partial charge is 0.0795 e. The summed E-state index contributed by atoms with van der Waals surface area (Å²) in [5, 5.41) is 5.24. The van der Waals surface area contributed by atoms with Gasteiger partial charge in [-0.05, 0) is 18.7 Å². The van der Waals surface area contributed by atoms with Crippen LogP contribution < -0.4 is 10.2 Å². The van der Waals surface area contributed by atoms with E-state index in [9.17, 15) is 0 Å². The van der Waals surface area contributed by atoms with Crippen molar-refractivity contribution in [1.29, 1.82) is 0 Å². The minimum absolute atomic E-state index is 0.811. The van der Waals surface area contributed by atoms with E-state index in [-0.39, 0.29) is 0 Å². The standard InChI is InChI=1S/C12H16N4S/c1-13-5-10-3-4-14-6-12(10)16(2)7-11-8-17-9-15-11/h3-4,6,8-9,13H,5,7H2,1-2H3. The fraction of sp³-hybridized carbons (Fsp3) is 0.333. The van der Waals surface area contributed by atoms with Gasteiger partial charge in [0.25, 0.3) is 0 Å². The first-order chi connectivity index (χ1) is 8.31. The average Bonchev–Trinajstić information content (AvgIpc) is 2.83. The fourth-order valence-electron chi connectivity index (χ4n) is 1.74. The van der Waals surface area contributed by atoms with Crippen molar-refractivity contribution in [3.8, 4) is 0 Å². The Morgan fingerprint density at radius 2 is 2.35 bits per heavy atom. The summed E-state index contributed by atoms with van der Waals surface area (Å²) in [5.41, 5.74) is 5.35. The Labute approximate surface area is 105 Å². The first-order valence-electron chi connectivity index (χ1n) is 5.47. The number of pyridine rings is 1. The zero-order chi connectivity index (χ0) is 12.1. The molecule has 0 amide bonds. The molecular formula is C12H16N4S. The van der Waals surface area contributed by atoms with E-state index in [2.05, 4.69) is 32.6 Å². The van der Waals surface area contributed by atoms with Crippen molar-refractivity contribution in [2.75, 3.05) is 19.0 Å². The lowest BCUT2D eigenvalue weighted by molar-refractivity contribution is 0.800. The van der Waals surface area contributed by atoms with Gasteiger partial charge in [0, 0.05) is 25.2 Å². The number of hydrogen-bond acceptors (Lipinski definition) is 5. The van der Waals surface area contributed by atoms with Crippen LogP contribution in [0.5, 0.6) is 0 Å². The molecule has 0 aromatic carbocycles. The zero-order valence-electron chi connectivity index (χ0n) is 10.1. The Bertz CT molecular complexity index is 455. The van der Waals surface area contributed by atoms with Crippen LogP contribution in [0.25, 0.3) is 0 Å². The monoisotopic (exact) mass is 248 g/mol. The molecule has 0 bridgehead atoms. The van der Waals surface area contributed by atoms with E-state index < -0.39 is 0 Å². The van der Waals surface area contributed by atoms with Crippen LogP contribution in [0.2, 0.25) is 0 Å². The predicted octanol–water partition coefficient (Wildman–Crippen LogP) is 1.89. The van der Waals surface area contributed by atoms with Gasteiger partial charge >= 0.3 is 0 Å². The number of aromatic nitrogens is 2. The highest BCUT2D eigenvalue weighted by atomic mass is 32.1. The Morgan fingerprint density at radius 1 is 1.47 bits per heavy atom. The van der Waals surface area contributed by atoms with Gasteiger partial charge in [0.1, 0.15) is 0 Å². The van der Waals surface area contributed by atoms with Gasteiger partial charge in [-0.3, -0.25) is 4.98 Å². The molecule has 2 heterocycles. The molecule has 4 nitrogen and oxygen atoms in total. The molecule has 0 aliphatic rings. The average molecular weight is 248 g/mol. The van der Waals surface area contributed by atoms with Gasteiger partial charge in [-0.15, -0.1) is 11.3 Å². The van der Waals surface area contributed by atoms with Crippen LogP contribution in [0.4, 0.5) is 5.69 Å². The molecule has 5 heteroatoms. The summed E-state index contributed by atoms with van der Waals surface area (Å²) in [6, 6.07) is 2.05. The van der Waals surface area contributed by atoms with E-state index in [0.717, 1.165) is 24.5 Å². The lowest BCUT2D eigenvalue weighted by Crippen LogP contribution is -2.20. The van der Waals surface area contributed by atoms with E-state index in [1.807, 2.05) is 31.0 Å². The third-order valence-electron chi connectivity index (χ3n) is 2.55. The van der Waals surface area contributed by atoms with Gasteiger partial charge in [0.05, 0.1) is 29.6 Å². The number of thiazole rings is 1. The van der Waals surface area contributed by atoms with E-state index in [4.69, 9.17) is 0 Å². The van der Waals surface area contributed by atoms with Crippen LogP contribution in [0.15, 0.2) is 29.4 Å². The molecule has 0 spiro atoms. The van der Waals surface area contributed by atoms with Crippen molar-refractivity contribution in [1.82, 2.24) is 15.3 Å². The minimum atomic E-state index is 0.811. The maximum Gasteiger partial charge on any atom is 0.0795 e. The maximum absolute atomic E-state index is 4.30. The summed E-state index contributed by atoms with van der Waals surface area (Å²) in [6.45, 7) is 1.66. The SMILES string of the molecule is CNCc1ccncc1N(C)Cc1cscn1. The molecule has 0 aliphatic heterocycles. The third kappa shape index (κ3) is 3.01. The molecule has 0 aliphatic carbocycles. The molecule has 1 N–H and O–H groups in total. The Hall–Kier alpha value is -1.46. The fourth-order valence-corrected chi connectivity index (χ4v) is 2.29. The normalized spacial score (nSPS) is 10.5. The van der Waals surface area contributed by atoms with E-state index in [0.29, 0.717) is 0 Å². The molecule has 0 radical (unpaired) electrons.